The quantitative estimate of drug-likeness (QED) is 0.682. The molecule has 26 heavy (non-hydrogen) atoms. The van der Waals surface area contributed by atoms with E-state index in [1.807, 2.05) is 37.3 Å². The SMILES string of the molecule is CC(NC(=O)c1ccc(C(=O)O)s1)c1cccc(-c2cccc(F)c2)c1. The Hall–Kier alpha value is -2.99. The highest BCUT2D eigenvalue weighted by Gasteiger charge is 2.16. The summed E-state index contributed by atoms with van der Waals surface area (Å²) in [5.74, 6) is -1.68. The molecule has 6 heteroatoms. The van der Waals surface area contributed by atoms with Crippen LogP contribution in [0.1, 0.15) is 37.9 Å². The molecule has 4 nitrogen and oxygen atoms in total. The maximum atomic E-state index is 13.4. The number of rotatable bonds is 5. The Morgan fingerprint density at radius 2 is 1.65 bits per heavy atom. The van der Waals surface area contributed by atoms with Crippen LogP contribution in [0.25, 0.3) is 11.1 Å². The molecule has 0 radical (unpaired) electrons. The van der Waals surface area contributed by atoms with Crippen molar-refractivity contribution in [3.8, 4) is 11.1 Å². The minimum absolute atomic E-state index is 0.121. The third kappa shape index (κ3) is 3.97. The highest BCUT2D eigenvalue weighted by atomic mass is 32.1. The lowest BCUT2D eigenvalue weighted by molar-refractivity contribution is 0.0702. The third-order valence-electron chi connectivity index (χ3n) is 3.93. The van der Waals surface area contributed by atoms with Crippen molar-refractivity contribution >= 4 is 23.2 Å². The molecule has 3 aromatic rings. The molecule has 1 heterocycles. The van der Waals surface area contributed by atoms with Gasteiger partial charge in [-0.15, -0.1) is 11.3 Å². The lowest BCUT2D eigenvalue weighted by Gasteiger charge is -2.15. The number of carboxylic acid groups (broad SMARTS) is 1. The fraction of sp³-hybridized carbons (Fsp3) is 0.100. The minimum atomic E-state index is -1.05. The smallest absolute Gasteiger partial charge is 0.345 e. The van der Waals surface area contributed by atoms with Crippen LogP contribution < -0.4 is 5.32 Å². The van der Waals surface area contributed by atoms with Crippen LogP contribution in [-0.2, 0) is 0 Å². The number of carbonyl (C=O) groups is 2. The molecule has 132 valence electrons. The molecule has 0 fully saturated rings. The molecular weight excluding hydrogens is 353 g/mol. The lowest BCUT2D eigenvalue weighted by atomic mass is 10.00. The second-order valence-corrected chi connectivity index (χ2v) is 6.88. The van der Waals surface area contributed by atoms with Crippen LogP contribution >= 0.6 is 11.3 Å². The fourth-order valence-electron chi connectivity index (χ4n) is 2.58. The van der Waals surface area contributed by atoms with Gasteiger partial charge in [0.05, 0.1) is 10.9 Å². The Morgan fingerprint density at radius 1 is 1.00 bits per heavy atom. The molecule has 2 aromatic carbocycles. The second-order valence-electron chi connectivity index (χ2n) is 5.80. The predicted octanol–water partition coefficient (Wildman–Crippen LogP) is 4.74. The van der Waals surface area contributed by atoms with Gasteiger partial charge in [0.25, 0.3) is 5.91 Å². The van der Waals surface area contributed by atoms with E-state index >= 15 is 0 Å². The molecule has 0 saturated heterocycles. The normalized spacial score (nSPS) is 11.8. The summed E-state index contributed by atoms with van der Waals surface area (Å²) >= 11 is 0.935. The summed E-state index contributed by atoms with van der Waals surface area (Å²) in [6.07, 6.45) is 0. The Balaban J connectivity index is 1.77. The van der Waals surface area contributed by atoms with Crippen molar-refractivity contribution in [2.24, 2.45) is 0 Å². The Bertz CT molecular complexity index is 967. The van der Waals surface area contributed by atoms with Crippen LogP contribution in [0.3, 0.4) is 0 Å². The lowest BCUT2D eigenvalue weighted by Crippen LogP contribution is -2.25. The number of hydrogen-bond donors (Lipinski definition) is 2. The average Bonchev–Trinajstić information content (AvgIpc) is 3.12. The van der Waals surface area contributed by atoms with E-state index in [9.17, 15) is 14.0 Å². The summed E-state index contributed by atoms with van der Waals surface area (Å²) in [7, 11) is 0. The van der Waals surface area contributed by atoms with Gasteiger partial charge in [0, 0.05) is 0 Å². The summed E-state index contributed by atoms with van der Waals surface area (Å²) in [6, 6.07) is 16.5. The molecule has 1 atom stereocenters. The van der Waals surface area contributed by atoms with Crippen molar-refractivity contribution in [1.82, 2.24) is 5.32 Å². The first kappa shape index (κ1) is 17.8. The molecular formula is C20H16FNO3S. The van der Waals surface area contributed by atoms with Crippen molar-refractivity contribution in [3.63, 3.8) is 0 Å². The van der Waals surface area contributed by atoms with E-state index in [2.05, 4.69) is 5.32 Å². The van der Waals surface area contributed by atoms with Gasteiger partial charge in [-0.1, -0.05) is 30.3 Å². The Morgan fingerprint density at radius 3 is 2.31 bits per heavy atom. The number of amides is 1. The van der Waals surface area contributed by atoms with E-state index in [1.54, 1.807) is 6.07 Å². The maximum absolute atomic E-state index is 13.4. The number of halogens is 1. The maximum Gasteiger partial charge on any atom is 0.345 e. The largest absolute Gasteiger partial charge is 0.477 e. The third-order valence-corrected chi connectivity index (χ3v) is 5.00. The molecule has 0 aliphatic carbocycles. The van der Waals surface area contributed by atoms with Crippen molar-refractivity contribution in [3.05, 3.63) is 81.8 Å². The van der Waals surface area contributed by atoms with Gasteiger partial charge < -0.3 is 10.4 Å². The number of thiophene rings is 1. The first-order valence-electron chi connectivity index (χ1n) is 7.94. The van der Waals surface area contributed by atoms with Crippen molar-refractivity contribution in [2.75, 3.05) is 0 Å². The van der Waals surface area contributed by atoms with Crippen molar-refractivity contribution in [1.29, 1.82) is 0 Å². The molecule has 3 rings (SSSR count). The molecule has 1 amide bonds. The van der Waals surface area contributed by atoms with Gasteiger partial charge in [0.15, 0.2) is 0 Å². The van der Waals surface area contributed by atoms with Gasteiger partial charge in [0.2, 0.25) is 0 Å². The van der Waals surface area contributed by atoms with Gasteiger partial charge in [-0.05, 0) is 53.9 Å². The number of carboxylic acids is 1. The Kier molecular flexibility index (Phi) is 5.14. The first-order valence-corrected chi connectivity index (χ1v) is 8.75. The first-order chi connectivity index (χ1) is 12.4. The van der Waals surface area contributed by atoms with Gasteiger partial charge >= 0.3 is 5.97 Å². The monoisotopic (exact) mass is 369 g/mol. The summed E-state index contributed by atoms with van der Waals surface area (Å²) in [5, 5.41) is 11.8. The minimum Gasteiger partial charge on any atom is -0.477 e. The predicted molar refractivity (Wildman–Crippen MR) is 99.0 cm³/mol. The van der Waals surface area contributed by atoms with Gasteiger partial charge in [-0.2, -0.15) is 0 Å². The van der Waals surface area contributed by atoms with E-state index in [4.69, 9.17) is 5.11 Å². The molecule has 0 aliphatic heterocycles. The van der Waals surface area contributed by atoms with E-state index in [1.165, 1.54) is 24.3 Å². The number of nitrogens with one attached hydrogen (secondary N) is 1. The zero-order chi connectivity index (χ0) is 18.7. The highest BCUT2D eigenvalue weighted by Crippen LogP contribution is 2.24. The van der Waals surface area contributed by atoms with E-state index in [-0.39, 0.29) is 22.6 Å². The number of hydrogen-bond acceptors (Lipinski definition) is 3. The van der Waals surface area contributed by atoms with E-state index in [0.717, 1.165) is 28.0 Å². The highest BCUT2D eigenvalue weighted by molar-refractivity contribution is 7.15. The van der Waals surface area contributed by atoms with Crippen LogP contribution in [-0.4, -0.2) is 17.0 Å². The van der Waals surface area contributed by atoms with Crippen molar-refractivity contribution < 1.29 is 19.1 Å². The molecule has 0 aliphatic rings. The topological polar surface area (TPSA) is 66.4 Å². The zero-order valence-corrected chi connectivity index (χ0v) is 14.7. The van der Waals surface area contributed by atoms with Crippen LogP contribution in [0.5, 0.6) is 0 Å². The molecule has 0 saturated carbocycles. The second kappa shape index (κ2) is 7.49. The summed E-state index contributed by atoms with van der Waals surface area (Å²) in [6.45, 7) is 1.84. The number of carbonyl (C=O) groups excluding carboxylic acids is 1. The molecule has 0 bridgehead atoms. The van der Waals surface area contributed by atoms with Gasteiger partial charge in [-0.3, -0.25) is 4.79 Å². The van der Waals surface area contributed by atoms with Crippen LogP contribution in [0.2, 0.25) is 0 Å². The van der Waals surface area contributed by atoms with Gasteiger partial charge in [0.1, 0.15) is 10.7 Å². The molecule has 1 unspecified atom stereocenters. The van der Waals surface area contributed by atoms with Crippen molar-refractivity contribution in [2.45, 2.75) is 13.0 Å². The van der Waals surface area contributed by atoms with Gasteiger partial charge in [-0.25, -0.2) is 9.18 Å². The molecule has 0 spiro atoms. The van der Waals surface area contributed by atoms with Crippen LogP contribution in [0, 0.1) is 5.82 Å². The average molecular weight is 369 g/mol. The van der Waals surface area contributed by atoms with E-state index < -0.39 is 5.97 Å². The summed E-state index contributed by atoms with van der Waals surface area (Å²) in [5.41, 5.74) is 2.48. The summed E-state index contributed by atoms with van der Waals surface area (Å²) < 4.78 is 13.4. The summed E-state index contributed by atoms with van der Waals surface area (Å²) in [4.78, 5) is 23.7. The zero-order valence-electron chi connectivity index (χ0n) is 13.9. The standard InChI is InChI=1S/C20H16FNO3S/c1-12(22-19(23)17-8-9-18(26-17)20(24)25)13-4-2-5-14(10-13)15-6-3-7-16(21)11-15/h2-12H,1H3,(H,22,23)(H,24,25). The van der Waals surface area contributed by atoms with Crippen LogP contribution in [0.15, 0.2) is 60.7 Å². The molecule has 2 N–H and O–H groups in total. The molecule has 1 aromatic heterocycles. The fourth-order valence-corrected chi connectivity index (χ4v) is 3.33. The van der Waals surface area contributed by atoms with Crippen LogP contribution in [0.4, 0.5) is 4.39 Å². The number of benzene rings is 2. The Labute approximate surface area is 153 Å². The number of aromatic carboxylic acids is 1. The van der Waals surface area contributed by atoms with E-state index in [0.29, 0.717) is 4.88 Å².